The van der Waals surface area contributed by atoms with E-state index in [2.05, 4.69) is 40.4 Å². The molecule has 0 aromatic heterocycles. The van der Waals surface area contributed by atoms with Crippen molar-refractivity contribution in [1.29, 1.82) is 0 Å². The van der Waals surface area contributed by atoms with Gasteiger partial charge in [-0.15, -0.1) is 0 Å². The maximum absolute atomic E-state index is 6.64. The van der Waals surface area contributed by atoms with Crippen molar-refractivity contribution in [2.45, 2.75) is 104 Å². The summed E-state index contributed by atoms with van der Waals surface area (Å²) in [5.74, 6) is 3.83. The summed E-state index contributed by atoms with van der Waals surface area (Å²) in [5, 5.41) is 4.76. The van der Waals surface area contributed by atoms with Crippen LogP contribution in [0.5, 0.6) is 0 Å². The van der Waals surface area contributed by atoms with Crippen molar-refractivity contribution < 1.29 is 9.26 Å². The first-order valence-electron chi connectivity index (χ1n) is 12.4. The van der Waals surface area contributed by atoms with E-state index in [4.69, 9.17) is 14.4 Å². The quantitative estimate of drug-likeness (QED) is 0.367. The molecule has 0 radical (unpaired) electrons. The van der Waals surface area contributed by atoms with Crippen LogP contribution in [0.4, 0.5) is 0 Å². The number of nitrogens with zero attached hydrogens (tertiary/aromatic N) is 1. The lowest BCUT2D eigenvalue weighted by atomic mass is 9.44. The maximum Gasteiger partial charge on any atom is 0.184 e. The van der Waals surface area contributed by atoms with E-state index in [-0.39, 0.29) is 0 Å². The normalized spacial score (nSPS) is 47.3. The molecular formula is C25H45NO2Si. The fourth-order valence-electron chi connectivity index (χ4n) is 8.80. The molecule has 0 aromatic carbocycles. The van der Waals surface area contributed by atoms with Crippen LogP contribution in [0.15, 0.2) is 5.16 Å². The minimum Gasteiger partial charge on any atom is -0.415 e. The molecule has 0 heterocycles. The van der Waals surface area contributed by atoms with Crippen LogP contribution in [-0.2, 0) is 9.26 Å². The summed E-state index contributed by atoms with van der Waals surface area (Å²) >= 11 is 0. The highest BCUT2D eigenvalue weighted by molar-refractivity contribution is 6.69. The van der Waals surface area contributed by atoms with Gasteiger partial charge in [0.15, 0.2) is 8.32 Å². The molecule has 0 N–H and O–H groups in total. The molecular weight excluding hydrogens is 374 g/mol. The van der Waals surface area contributed by atoms with Gasteiger partial charge in [-0.3, -0.25) is 0 Å². The summed E-state index contributed by atoms with van der Waals surface area (Å²) in [4.78, 5) is 5.49. The molecule has 0 aromatic rings. The van der Waals surface area contributed by atoms with Gasteiger partial charge in [0, 0.05) is 12.0 Å². The number of fused-ring (bicyclic) bond motifs is 5. The van der Waals surface area contributed by atoms with Crippen molar-refractivity contribution in [3.63, 3.8) is 0 Å². The lowest BCUT2D eigenvalue weighted by Gasteiger charge is -2.60. The zero-order valence-electron chi connectivity index (χ0n) is 20.1. The van der Waals surface area contributed by atoms with Crippen molar-refractivity contribution >= 4 is 14.0 Å². The van der Waals surface area contributed by atoms with Gasteiger partial charge < -0.3 is 9.26 Å². The van der Waals surface area contributed by atoms with Crippen molar-refractivity contribution in [2.75, 3.05) is 7.11 Å². The van der Waals surface area contributed by atoms with E-state index in [0.29, 0.717) is 28.8 Å². The van der Waals surface area contributed by atoms with Crippen molar-refractivity contribution in [3.05, 3.63) is 0 Å². The fourth-order valence-corrected chi connectivity index (χ4v) is 10.1. The lowest BCUT2D eigenvalue weighted by Crippen LogP contribution is -2.57. The van der Waals surface area contributed by atoms with E-state index >= 15 is 0 Å². The Morgan fingerprint density at radius 3 is 2.45 bits per heavy atom. The van der Waals surface area contributed by atoms with Crippen LogP contribution in [-0.4, -0.2) is 27.2 Å². The Morgan fingerprint density at radius 1 is 1.00 bits per heavy atom. The van der Waals surface area contributed by atoms with Crippen molar-refractivity contribution in [1.82, 2.24) is 0 Å². The molecule has 0 amide bonds. The number of oxime groups is 1. The molecule has 0 bridgehead atoms. The zero-order valence-corrected chi connectivity index (χ0v) is 21.1. The van der Waals surface area contributed by atoms with Gasteiger partial charge in [0.25, 0.3) is 0 Å². The summed E-state index contributed by atoms with van der Waals surface area (Å²) < 4.78 is 6.64. The topological polar surface area (TPSA) is 30.8 Å². The number of hydrogen-bond acceptors (Lipinski definition) is 3. The zero-order chi connectivity index (χ0) is 21.0. The second-order valence-electron chi connectivity index (χ2n) is 12.3. The molecule has 29 heavy (non-hydrogen) atoms. The minimum absolute atomic E-state index is 0.315. The SMILES string of the molecule is CON=C1C[C@@]2(C)C(CC[C@@H]2[C@H](C)O[Si](C)(C)C)C2CC[C@H]3CCCC[C@]3(C)C12. The third-order valence-corrected chi connectivity index (χ3v) is 10.8. The second kappa shape index (κ2) is 7.65. The van der Waals surface area contributed by atoms with Crippen molar-refractivity contribution in [2.24, 2.45) is 45.6 Å². The Labute approximate surface area is 180 Å². The molecule has 4 aliphatic carbocycles. The second-order valence-corrected chi connectivity index (χ2v) is 16.8. The van der Waals surface area contributed by atoms with Gasteiger partial charge in [-0.1, -0.05) is 31.8 Å². The predicted molar refractivity (Wildman–Crippen MR) is 124 cm³/mol. The molecule has 0 spiro atoms. The van der Waals surface area contributed by atoms with E-state index in [1.165, 1.54) is 57.1 Å². The van der Waals surface area contributed by atoms with Crippen LogP contribution in [0.1, 0.15) is 78.6 Å². The average molecular weight is 420 g/mol. The van der Waals surface area contributed by atoms with E-state index in [9.17, 15) is 0 Å². The highest BCUT2D eigenvalue weighted by Gasteiger charge is 2.62. The molecule has 0 aliphatic heterocycles. The Balaban J connectivity index is 1.67. The average Bonchev–Trinajstić information content (AvgIpc) is 2.96. The maximum atomic E-state index is 6.64. The van der Waals surface area contributed by atoms with Gasteiger partial charge in [-0.25, -0.2) is 0 Å². The summed E-state index contributed by atoms with van der Waals surface area (Å²) in [6, 6.07) is 0. The molecule has 0 saturated heterocycles. The predicted octanol–water partition coefficient (Wildman–Crippen LogP) is 6.89. The number of rotatable bonds is 4. The molecule has 8 atom stereocenters. The Bertz CT molecular complexity index is 643. The molecule has 4 aliphatic rings. The standard InChI is InChI=1S/C25H45NO2Si/c1-17(28-29(5,6)7)20-13-14-21-19-12-11-18-10-8-9-15-24(18,2)23(19)22(26-27-4)16-25(20,21)3/h17-21,23H,8-16H2,1-7H3/t17-,18+,19?,20+,21?,23?,24-,25+/m0/s1. The molecule has 4 fully saturated rings. The molecule has 3 unspecified atom stereocenters. The first-order valence-corrected chi connectivity index (χ1v) is 15.8. The summed E-state index contributed by atoms with van der Waals surface area (Å²) in [7, 11) is 0.219. The van der Waals surface area contributed by atoms with Crippen LogP contribution in [0, 0.1) is 40.4 Å². The highest BCUT2D eigenvalue weighted by atomic mass is 28.4. The molecule has 4 heteroatoms. The van der Waals surface area contributed by atoms with Gasteiger partial charge in [-0.05, 0) is 106 Å². The number of hydrogen-bond donors (Lipinski definition) is 0. The third-order valence-electron chi connectivity index (χ3n) is 9.67. The summed E-state index contributed by atoms with van der Waals surface area (Å²) in [6.45, 7) is 14.5. The minimum atomic E-state index is -1.53. The van der Waals surface area contributed by atoms with Gasteiger partial charge in [0.2, 0.25) is 0 Å². The van der Waals surface area contributed by atoms with Crippen LogP contribution in [0.3, 0.4) is 0 Å². The first-order chi connectivity index (χ1) is 13.6. The van der Waals surface area contributed by atoms with Gasteiger partial charge in [0.1, 0.15) is 7.11 Å². The lowest BCUT2D eigenvalue weighted by molar-refractivity contribution is -0.0683. The monoisotopic (exact) mass is 419 g/mol. The van der Waals surface area contributed by atoms with E-state index < -0.39 is 8.32 Å². The van der Waals surface area contributed by atoms with Crippen molar-refractivity contribution in [3.8, 4) is 0 Å². The van der Waals surface area contributed by atoms with Gasteiger partial charge >= 0.3 is 0 Å². The Morgan fingerprint density at radius 2 is 1.76 bits per heavy atom. The molecule has 3 nitrogen and oxygen atoms in total. The van der Waals surface area contributed by atoms with Crippen LogP contribution < -0.4 is 0 Å². The fraction of sp³-hybridized carbons (Fsp3) is 0.960. The molecule has 166 valence electrons. The van der Waals surface area contributed by atoms with E-state index in [0.717, 1.165) is 24.2 Å². The van der Waals surface area contributed by atoms with Crippen LogP contribution in [0.25, 0.3) is 0 Å². The summed E-state index contributed by atoms with van der Waals surface area (Å²) in [6.07, 6.45) is 12.7. The van der Waals surface area contributed by atoms with E-state index in [1.54, 1.807) is 7.11 Å². The van der Waals surface area contributed by atoms with Gasteiger partial charge in [-0.2, -0.15) is 0 Å². The first kappa shape index (κ1) is 21.9. The largest absolute Gasteiger partial charge is 0.415 e. The van der Waals surface area contributed by atoms with E-state index in [1.807, 2.05) is 0 Å². The summed E-state index contributed by atoms with van der Waals surface area (Å²) in [5.41, 5.74) is 2.16. The molecule has 4 rings (SSSR count). The Kier molecular flexibility index (Phi) is 5.77. The van der Waals surface area contributed by atoms with Crippen LogP contribution in [0.2, 0.25) is 19.6 Å². The third kappa shape index (κ3) is 3.64. The smallest absolute Gasteiger partial charge is 0.184 e. The molecule has 4 saturated carbocycles. The van der Waals surface area contributed by atoms with Gasteiger partial charge in [0.05, 0.1) is 5.71 Å². The van der Waals surface area contributed by atoms with Crippen LogP contribution >= 0.6 is 0 Å². The highest BCUT2D eigenvalue weighted by Crippen LogP contribution is 2.67. The Hall–Kier alpha value is -0.353.